The van der Waals surface area contributed by atoms with E-state index < -0.39 is 18.1 Å². The zero-order chi connectivity index (χ0) is 25.0. The first-order valence-electron chi connectivity index (χ1n) is 12.0. The standard InChI is InChI=1S/C27H32N2O5S/c1-27(2,12-11-24(30)29-17-35-16-23(29)25(31)32)13-14-28-26(33)34-15-22-20-9-5-3-7-18(20)19-8-4-6-10-21(19)22/h3-10,22-23H,11-17H2,1-2H3,(H,28,33)(H,31,32). The second kappa shape index (κ2) is 10.7. The van der Waals surface area contributed by atoms with Crippen LogP contribution in [0.4, 0.5) is 4.79 Å². The van der Waals surface area contributed by atoms with Crippen LogP contribution >= 0.6 is 11.8 Å². The number of hydrogen-bond acceptors (Lipinski definition) is 5. The third-order valence-corrected chi connectivity index (χ3v) is 7.93. The summed E-state index contributed by atoms with van der Waals surface area (Å²) in [5, 5.41) is 12.1. The van der Waals surface area contributed by atoms with Crippen molar-refractivity contribution in [3.05, 3.63) is 59.7 Å². The van der Waals surface area contributed by atoms with Crippen LogP contribution < -0.4 is 5.32 Å². The van der Waals surface area contributed by atoms with Crippen LogP contribution in [0.2, 0.25) is 0 Å². The van der Waals surface area contributed by atoms with Crippen LogP contribution in [0.3, 0.4) is 0 Å². The Hall–Kier alpha value is -3.00. The molecule has 1 unspecified atom stereocenters. The van der Waals surface area contributed by atoms with Crippen LogP contribution in [0.25, 0.3) is 11.1 Å². The Morgan fingerprint density at radius 2 is 1.69 bits per heavy atom. The van der Waals surface area contributed by atoms with Crippen molar-refractivity contribution in [3.63, 3.8) is 0 Å². The molecule has 2 aliphatic rings. The SMILES string of the molecule is CC(C)(CCNC(=O)OCC1c2ccccc2-c2ccccc21)CCC(=O)N1CSCC1C(=O)O. The molecule has 0 aromatic heterocycles. The van der Waals surface area contributed by atoms with Gasteiger partial charge in [0.25, 0.3) is 0 Å². The molecule has 8 heteroatoms. The van der Waals surface area contributed by atoms with Gasteiger partial charge in [-0.2, -0.15) is 0 Å². The molecule has 1 aliphatic carbocycles. The maximum Gasteiger partial charge on any atom is 0.407 e. The van der Waals surface area contributed by atoms with Crippen molar-refractivity contribution in [2.75, 3.05) is 24.8 Å². The summed E-state index contributed by atoms with van der Waals surface area (Å²) in [5.41, 5.74) is 4.55. The maximum absolute atomic E-state index is 12.5. The van der Waals surface area contributed by atoms with Crippen LogP contribution in [0.15, 0.2) is 48.5 Å². The number of ether oxygens (including phenoxy) is 1. The number of carboxylic acids is 1. The number of carboxylic acid groups (broad SMARTS) is 1. The Bertz CT molecular complexity index is 1060. The topological polar surface area (TPSA) is 95.9 Å². The monoisotopic (exact) mass is 496 g/mol. The van der Waals surface area contributed by atoms with E-state index in [1.54, 1.807) is 0 Å². The van der Waals surface area contributed by atoms with Gasteiger partial charge in [-0.05, 0) is 40.5 Å². The van der Waals surface area contributed by atoms with Crippen LogP contribution in [0.5, 0.6) is 0 Å². The van der Waals surface area contributed by atoms with Crippen molar-refractivity contribution in [1.82, 2.24) is 10.2 Å². The molecule has 1 atom stereocenters. The smallest absolute Gasteiger partial charge is 0.407 e. The number of aliphatic carboxylic acids is 1. The first kappa shape index (κ1) is 25.1. The average Bonchev–Trinajstić information content (AvgIpc) is 3.45. The van der Waals surface area contributed by atoms with Crippen LogP contribution in [0.1, 0.15) is 50.2 Å². The third-order valence-electron chi connectivity index (χ3n) is 6.92. The summed E-state index contributed by atoms with van der Waals surface area (Å²) in [6.45, 7) is 4.81. The number of benzene rings is 2. The van der Waals surface area contributed by atoms with E-state index >= 15 is 0 Å². The van der Waals surface area contributed by atoms with E-state index in [2.05, 4.69) is 29.6 Å². The lowest BCUT2D eigenvalue weighted by Gasteiger charge is -2.26. The number of carbonyl (C=O) groups excluding carboxylic acids is 2. The third kappa shape index (κ3) is 5.81. The summed E-state index contributed by atoms with van der Waals surface area (Å²) < 4.78 is 5.59. The molecule has 1 aliphatic heterocycles. The van der Waals surface area contributed by atoms with Crippen LogP contribution in [-0.4, -0.2) is 58.8 Å². The number of alkyl carbamates (subject to hydrolysis) is 1. The second-order valence-corrected chi connectivity index (χ2v) is 10.9. The van der Waals surface area contributed by atoms with Crippen molar-refractivity contribution in [1.29, 1.82) is 0 Å². The summed E-state index contributed by atoms with van der Waals surface area (Å²) in [4.78, 5) is 37.7. The molecule has 4 rings (SSSR count). The second-order valence-electron chi connectivity index (χ2n) is 9.88. The summed E-state index contributed by atoms with van der Waals surface area (Å²) in [6.07, 6.45) is 1.15. The van der Waals surface area contributed by atoms with Crippen molar-refractivity contribution >= 4 is 29.7 Å². The molecule has 0 radical (unpaired) electrons. The summed E-state index contributed by atoms with van der Waals surface area (Å²) in [6, 6.07) is 15.7. The number of rotatable bonds is 9. The van der Waals surface area contributed by atoms with Gasteiger partial charge in [0.05, 0.1) is 5.88 Å². The lowest BCUT2D eigenvalue weighted by molar-refractivity contribution is -0.147. The first-order valence-corrected chi connectivity index (χ1v) is 13.1. The lowest BCUT2D eigenvalue weighted by Crippen LogP contribution is -2.42. The highest BCUT2D eigenvalue weighted by Gasteiger charge is 2.35. The molecular formula is C27H32N2O5S. The summed E-state index contributed by atoms with van der Waals surface area (Å²) in [5.74, 6) is -0.183. The predicted molar refractivity (Wildman–Crippen MR) is 136 cm³/mol. The van der Waals surface area contributed by atoms with Gasteiger partial charge < -0.3 is 20.1 Å². The minimum absolute atomic E-state index is 0.0222. The van der Waals surface area contributed by atoms with Gasteiger partial charge in [0.15, 0.2) is 0 Å². The van der Waals surface area contributed by atoms with Gasteiger partial charge in [-0.3, -0.25) is 4.79 Å². The summed E-state index contributed by atoms with van der Waals surface area (Å²) in [7, 11) is 0. The van der Waals surface area contributed by atoms with Gasteiger partial charge in [-0.15, -0.1) is 11.8 Å². The normalized spacial score (nSPS) is 17.1. The van der Waals surface area contributed by atoms with E-state index in [9.17, 15) is 19.5 Å². The van der Waals surface area contributed by atoms with Crippen molar-refractivity contribution in [3.8, 4) is 11.1 Å². The number of thioether (sulfide) groups is 1. The van der Waals surface area contributed by atoms with Crippen molar-refractivity contribution in [2.45, 2.75) is 45.1 Å². The highest BCUT2D eigenvalue weighted by molar-refractivity contribution is 7.99. The molecule has 0 saturated carbocycles. The fourth-order valence-corrected chi connectivity index (χ4v) is 5.93. The first-order chi connectivity index (χ1) is 16.8. The zero-order valence-electron chi connectivity index (χ0n) is 20.2. The van der Waals surface area contributed by atoms with Gasteiger partial charge >= 0.3 is 12.1 Å². The highest BCUT2D eigenvalue weighted by Crippen LogP contribution is 2.44. The van der Waals surface area contributed by atoms with Gasteiger partial charge in [-0.1, -0.05) is 62.4 Å². The molecule has 2 aromatic carbocycles. The molecule has 0 bridgehead atoms. The number of nitrogens with one attached hydrogen (secondary N) is 1. The number of carbonyl (C=O) groups is 3. The molecule has 2 N–H and O–H groups in total. The van der Waals surface area contributed by atoms with Crippen LogP contribution in [0, 0.1) is 5.41 Å². The van der Waals surface area contributed by atoms with Crippen LogP contribution in [-0.2, 0) is 14.3 Å². The zero-order valence-corrected chi connectivity index (χ0v) is 21.0. The molecular weight excluding hydrogens is 464 g/mol. The Balaban J connectivity index is 1.22. The molecule has 35 heavy (non-hydrogen) atoms. The Labute approximate surface area is 210 Å². The van der Waals surface area contributed by atoms with E-state index in [4.69, 9.17) is 4.74 Å². The van der Waals surface area contributed by atoms with E-state index in [1.807, 2.05) is 38.1 Å². The fourth-order valence-electron chi connectivity index (χ4n) is 4.76. The van der Waals surface area contributed by atoms with E-state index in [-0.39, 0.29) is 23.8 Å². The van der Waals surface area contributed by atoms with E-state index in [0.29, 0.717) is 37.4 Å². The molecule has 1 heterocycles. The minimum atomic E-state index is -0.949. The lowest BCUT2D eigenvalue weighted by atomic mass is 9.84. The molecule has 1 fully saturated rings. The molecule has 2 amide bonds. The molecule has 7 nitrogen and oxygen atoms in total. The van der Waals surface area contributed by atoms with Gasteiger partial charge in [0.2, 0.25) is 5.91 Å². The Kier molecular flexibility index (Phi) is 7.69. The number of fused-ring (bicyclic) bond motifs is 3. The Morgan fingerprint density at radius 1 is 1.06 bits per heavy atom. The summed E-state index contributed by atoms with van der Waals surface area (Å²) >= 11 is 1.47. The fraction of sp³-hybridized carbons (Fsp3) is 0.444. The van der Waals surface area contributed by atoms with E-state index in [0.717, 1.165) is 0 Å². The molecule has 186 valence electrons. The molecule has 0 spiro atoms. The van der Waals surface area contributed by atoms with Crippen molar-refractivity contribution < 1.29 is 24.2 Å². The predicted octanol–water partition coefficient (Wildman–Crippen LogP) is 4.71. The Morgan fingerprint density at radius 3 is 2.31 bits per heavy atom. The molecule has 2 aromatic rings. The molecule has 1 saturated heterocycles. The van der Waals surface area contributed by atoms with Gasteiger partial charge in [0.1, 0.15) is 12.6 Å². The maximum atomic E-state index is 12.5. The quantitative estimate of drug-likeness (QED) is 0.522. The van der Waals surface area contributed by atoms with E-state index in [1.165, 1.54) is 38.9 Å². The minimum Gasteiger partial charge on any atom is -0.480 e. The van der Waals surface area contributed by atoms with Gasteiger partial charge in [0, 0.05) is 24.6 Å². The number of nitrogens with zero attached hydrogens (tertiary/aromatic N) is 1. The average molecular weight is 497 g/mol. The number of hydrogen-bond donors (Lipinski definition) is 2. The van der Waals surface area contributed by atoms with Gasteiger partial charge in [-0.25, -0.2) is 9.59 Å². The highest BCUT2D eigenvalue weighted by atomic mass is 32.2. The van der Waals surface area contributed by atoms with Crippen molar-refractivity contribution in [2.24, 2.45) is 5.41 Å². The number of amides is 2. The largest absolute Gasteiger partial charge is 0.480 e.